The van der Waals surface area contributed by atoms with Crippen LogP contribution in [0.1, 0.15) is 19.8 Å². The Hall–Kier alpha value is -1.51. The largest absolute Gasteiger partial charge is 0.494 e. The average Bonchev–Trinajstić information content (AvgIpc) is 3.11. The molecule has 0 radical (unpaired) electrons. The summed E-state index contributed by atoms with van der Waals surface area (Å²) in [6, 6.07) is 7.38. The first kappa shape index (κ1) is 11.0. The molecule has 1 aliphatic carbocycles. The van der Waals surface area contributed by atoms with Crippen molar-refractivity contribution in [1.29, 1.82) is 0 Å². The summed E-state index contributed by atoms with van der Waals surface area (Å²) in [4.78, 5) is 11.4. The third-order valence-electron chi connectivity index (χ3n) is 2.53. The number of carbonyl (C=O) groups is 1. The average molecular weight is 220 g/mol. The number of carbonyl (C=O) groups excluding carboxylic acids is 1. The van der Waals surface area contributed by atoms with E-state index in [4.69, 9.17) is 9.47 Å². The van der Waals surface area contributed by atoms with E-state index < -0.39 is 0 Å². The second-order valence-electron chi connectivity index (χ2n) is 3.94. The summed E-state index contributed by atoms with van der Waals surface area (Å²) < 4.78 is 10.8. The molecule has 1 aliphatic rings. The van der Waals surface area contributed by atoms with Gasteiger partial charge in [-0.2, -0.15) is 0 Å². The van der Waals surface area contributed by atoms with Crippen LogP contribution >= 0.6 is 0 Å². The lowest BCUT2D eigenvalue weighted by Gasteiger charge is -2.07. The van der Waals surface area contributed by atoms with Crippen LogP contribution < -0.4 is 9.47 Å². The van der Waals surface area contributed by atoms with Gasteiger partial charge in [0.2, 0.25) is 0 Å². The molecular weight excluding hydrogens is 204 g/mol. The Kier molecular flexibility index (Phi) is 3.44. The summed E-state index contributed by atoms with van der Waals surface area (Å²) in [6.07, 6.45) is 2.06. The topological polar surface area (TPSA) is 35.5 Å². The molecule has 1 aromatic carbocycles. The van der Waals surface area contributed by atoms with Crippen molar-refractivity contribution < 1.29 is 14.3 Å². The summed E-state index contributed by atoms with van der Waals surface area (Å²) in [5, 5.41) is 0. The van der Waals surface area contributed by atoms with Gasteiger partial charge in [0.05, 0.1) is 6.61 Å². The van der Waals surface area contributed by atoms with Crippen LogP contribution in [0.2, 0.25) is 0 Å². The molecule has 3 heteroatoms. The molecule has 86 valence electrons. The number of Topliss-reactive ketones (excluding diaryl/α,β-unsaturated/α-hetero) is 1. The highest BCUT2D eigenvalue weighted by molar-refractivity contribution is 5.84. The lowest BCUT2D eigenvalue weighted by molar-refractivity contribution is -0.122. The summed E-state index contributed by atoms with van der Waals surface area (Å²) in [5.74, 6) is 1.94. The molecule has 0 unspecified atom stereocenters. The maximum Gasteiger partial charge on any atom is 0.173 e. The fourth-order valence-corrected chi connectivity index (χ4v) is 1.50. The molecule has 1 aromatic rings. The summed E-state index contributed by atoms with van der Waals surface area (Å²) in [5.41, 5.74) is 0. The number of ketones is 1. The lowest BCUT2D eigenvalue weighted by atomic mass is 10.3. The van der Waals surface area contributed by atoms with Gasteiger partial charge in [-0.1, -0.05) is 6.07 Å². The zero-order valence-electron chi connectivity index (χ0n) is 9.44. The third kappa shape index (κ3) is 2.99. The monoisotopic (exact) mass is 220 g/mol. The molecule has 1 fully saturated rings. The van der Waals surface area contributed by atoms with E-state index in [1.165, 1.54) is 0 Å². The molecule has 16 heavy (non-hydrogen) atoms. The van der Waals surface area contributed by atoms with Crippen LogP contribution in [0.5, 0.6) is 11.5 Å². The standard InChI is InChI=1S/C13H16O3/c1-2-15-11-4-3-5-12(8-11)16-9-13(14)10-6-7-10/h3-5,8,10H,2,6-7,9H2,1H3. The van der Waals surface area contributed by atoms with Crippen LogP contribution in [0.3, 0.4) is 0 Å². The summed E-state index contributed by atoms with van der Waals surface area (Å²) >= 11 is 0. The van der Waals surface area contributed by atoms with Crippen LogP contribution in [0.15, 0.2) is 24.3 Å². The fourth-order valence-electron chi connectivity index (χ4n) is 1.50. The Balaban J connectivity index is 1.87. The van der Waals surface area contributed by atoms with E-state index in [0.29, 0.717) is 12.4 Å². The van der Waals surface area contributed by atoms with Gasteiger partial charge in [0.1, 0.15) is 18.1 Å². The summed E-state index contributed by atoms with van der Waals surface area (Å²) in [6.45, 7) is 2.74. The Morgan fingerprint density at radius 1 is 1.31 bits per heavy atom. The number of benzene rings is 1. The van der Waals surface area contributed by atoms with Crippen molar-refractivity contribution in [1.82, 2.24) is 0 Å². The van der Waals surface area contributed by atoms with Gasteiger partial charge in [0.15, 0.2) is 5.78 Å². The fraction of sp³-hybridized carbons (Fsp3) is 0.462. The molecule has 0 spiro atoms. The molecule has 2 rings (SSSR count). The van der Waals surface area contributed by atoms with Crippen LogP contribution in [-0.4, -0.2) is 19.0 Å². The van der Waals surface area contributed by atoms with Gasteiger partial charge >= 0.3 is 0 Å². The van der Waals surface area contributed by atoms with Crippen molar-refractivity contribution in [2.45, 2.75) is 19.8 Å². The van der Waals surface area contributed by atoms with Crippen molar-refractivity contribution >= 4 is 5.78 Å². The van der Waals surface area contributed by atoms with Gasteiger partial charge in [0.25, 0.3) is 0 Å². The van der Waals surface area contributed by atoms with Crippen LogP contribution in [0.4, 0.5) is 0 Å². The van der Waals surface area contributed by atoms with E-state index in [1.54, 1.807) is 0 Å². The first-order valence-electron chi connectivity index (χ1n) is 5.68. The first-order chi connectivity index (χ1) is 7.79. The molecular formula is C13H16O3. The molecule has 0 aliphatic heterocycles. The molecule has 0 heterocycles. The Bertz CT molecular complexity index is 369. The minimum Gasteiger partial charge on any atom is -0.494 e. The van der Waals surface area contributed by atoms with Crippen molar-refractivity contribution in [3.63, 3.8) is 0 Å². The highest BCUT2D eigenvalue weighted by Gasteiger charge is 2.29. The maximum absolute atomic E-state index is 11.4. The lowest BCUT2D eigenvalue weighted by Crippen LogP contribution is -2.12. The number of hydrogen-bond donors (Lipinski definition) is 0. The Labute approximate surface area is 95.4 Å². The quantitative estimate of drug-likeness (QED) is 0.738. The minimum absolute atomic E-state index is 0.181. The van der Waals surface area contributed by atoms with E-state index >= 15 is 0 Å². The van der Waals surface area contributed by atoms with Gasteiger partial charge in [-0.3, -0.25) is 4.79 Å². The minimum atomic E-state index is 0.181. The molecule has 0 aromatic heterocycles. The molecule has 0 bridgehead atoms. The van der Waals surface area contributed by atoms with Crippen molar-refractivity contribution in [3.05, 3.63) is 24.3 Å². The highest BCUT2D eigenvalue weighted by Crippen LogP contribution is 2.30. The van der Waals surface area contributed by atoms with E-state index in [0.717, 1.165) is 18.6 Å². The van der Waals surface area contributed by atoms with Crippen molar-refractivity contribution in [2.24, 2.45) is 5.92 Å². The number of ether oxygens (including phenoxy) is 2. The molecule has 0 atom stereocenters. The second-order valence-corrected chi connectivity index (χ2v) is 3.94. The van der Waals surface area contributed by atoms with E-state index in [2.05, 4.69) is 0 Å². The van der Waals surface area contributed by atoms with Gasteiger partial charge in [0, 0.05) is 12.0 Å². The normalized spacial score (nSPS) is 14.6. The molecule has 3 nitrogen and oxygen atoms in total. The maximum atomic E-state index is 11.4. The van der Waals surface area contributed by atoms with Gasteiger partial charge in [-0.15, -0.1) is 0 Å². The smallest absolute Gasteiger partial charge is 0.173 e. The van der Waals surface area contributed by atoms with Gasteiger partial charge < -0.3 is 9.47 Å². The predicted molar refractivity (Wildman–Crippen MR) is 60.8 cm³/mol. The molecule has 0 amide bonds. The predicted octanol–water partition coefficient (Wildman–Crippen LogP) is 2.44. The zero-order chi connectivity index (χ0) is 11.4. The number of hydrogen-bond acceptors (Lipinski definition) is 3. The summed E-state index contributed by atoms with van der Waals surface area (Å²) in [7, 11) is 0. The molecule has 0 N–H and O–H groups in total. The zero-order valence-corrected chi connectivity index (χ0v) is 9.44. The Morgan fingerprint density at radius 3 is 2.62 bits per heavy atom. The van der Waals surface area contributed by atoms with Crippen molar-refractivity contribution in [2.75, 3.05) is 13.2 Å². The van der Waals surface area contributed by atoms with Crippen LogP contribution in [0.25, 0.3) is 0 Å². The van der Waals surface area contributed by atoms with Crippen LogP contribution in [0, 0.1) is 5.92 Å². The van der Waals surface area contributed by atoms with Gasteiger partial charge in [-0.25, -0.2) is 0 Å². The van der Waals surface area contributed by atoms with Crippen LogP contribution in [-0.2, 0) is 4.79 Å². The van der Waals surface area contributed by atoms with E-state index in [1.807, 2.05) is 31.2 Å². The highest BCUT2D eigenvalue weighted by atomic mass is 16.5. The SMILES string of the molecule is CCOc1cccc(OCC(=O)C2CC2)c1. The van der Waals surface area contributed by atoms with Gasteiger partial charge in [-0.05, 0) is 31.9 Å². The molecule has 1 saturated carbocycles. The Morgan fingerprint density at radius 2 is 2.00 bits per heavy atom. The second kappa shape index (κ2) is 5.01. The van der Waals surface area contributed by atoms with E-state index in [-0.39, 0.29) is 18.3 Å². The number of rotatable bonds is 6. The van der Waals surface area contributed by atoms with Crippen molar-refractivity contribution in [3.8, 4) is 11.5 Å². The first-order valence-corrected chi connectivity index (χ1v) is 5.68. The molecule has 0 saturated heterocycles. The van der Waals surface area contributed by atoms with E-state index in [9.17, 15) is 4.79 Å². The third-order valence-corrected chi connectivity index (χ3v) is 2.53.